The molecule has 0 saturated heterocycles. The van der Waals surface area contributed by atoms with Gasteiger partial charge in [-0.1, -0.05) is 30.3 Å². The van der Waals surface area contributed by atoms with E-state index in [0.29, 0.717) is 0 Å². The first-order chi connectivity index (χ1) is 9.77. The Kier molecular flexibility index (Phi) is 2.27. The number of hydrogen-bond acceptors (Lipinski definition) is 2. The largest absolute Gasteiger partial charge is 0.254 e. The predicted octanol–water partition coefficient (Wildman–Crippen LogP) is 4.55. The van der Waals surface area contributed by atoms with Crippen LogP contribution in [0.15, 0.2) is 48.8 Å². The van der Waals surface area contributed by atoms with Crippen LogP contribution in [0, 0.1) is 13.8 Å². The van der Waals surface area contributed by atoms with Crippen LogP contribution in [0.1, 0.15) is 11.1 Å². The Morgan fingerprint density at radius 2 is 1.55 bits per heavy atom. The summed E-state index contributed by atoms with van der Waals surface area (Å²) < 4.78 is 0. The molecule has 0 aliphatic heterocycles. The fraction of sp³-hybridized carbons (Fsp3) is 0.111. The summed E-state index contributed by atoms with van der Waals surface area (Å²) in [6, 6.07) is 12.5. The van der Waals surface area contributed by atoms with Crippen LogP contribution >= 0.6 is 0 Å². The first kappa shape index (κ1) is 11.4. The van der Waals surface area contributed by atoms with Crippen molar-refractivity contribution in [2.24, 2.45) is 0 Å². The lowest BCUT2D eigenvalue weighted by molar-refractivity contribution is 1.34. The average molecular weight is 258 g/mol. The zero-order valence-electron chi connectivity index (χ0n) is 11.5. The maximum Gasteiger partial charge on any atom is 0.0973 e. The molecule has 0 aliphatic rings. The van der Waals surface area contributed by atoms with Gasteiger partial charge in [0.05, 0.1) is 11.0 Å². The van der Waals surface area contributed by atoms with Gasteiger partial charge in [0.1, 0.15) is 0 Å². The van der Waals surface area contributed by atoms with Crippen LogP contribution in [0.25, 0.3) is 32.6 Å². The molecule has 4 aromatic rings. The van der Waals surface area contributed by atoms with Gasteiger partial charge in [0.2, 0.25) is 0 Å². The van der Waals surface area contributed by atoms with Gasteiger partial charge < -0.3 is 0 Å². The maximum absolute atomic E-state index is 4.68. The summed E-state index contributed by atoms with van der Waals surface area (Å²) in [7, 11) is 0. The Hall–Kier alpha value is -2.48. The second-order valence-corrected chi connectivity index (χ2v) is 5.22. The van der Waals surface area contributed by atoms with Crippen molar-refractivity contribution in [2.75, 3.05) is 0 Å². The summed E-state index contributed by atoms with van der Waals surface area (Å²) in [4.78, 5) is 9.23. The molecule has 0 fully saturated rings. The smallest absolute Gasteiger partial charge is 0.0973 e. The lowest BCUT2D eigenvalue weighted by atomic mass is 9.95. The van der Waals surface area contributed by atoms with Gasteiger partial charge in [-0.2, -0.15) is 0 Å². The van der Waals surface area contributed by atoms with E-state index < -0.39 is 0 Å². The van der Waals surface area contributed by atoms with Crippen molar-refractivity contribution in [3.63, 3.8) is 0 Å². The van der Waals surface area contributed by atoms with Crippen LogP contribution < -0.4 is 0 Å². The Bertz CT molecular complexity index is 965. The van der Waals surface area contributed by atoms with Gasteiger partial charge in [-0.25, -0.2) is 0 Å². The molecule has 0 saturated carbocycles. The molecule has 0 N–H and O–H groups in total. The fourth-order valence-corrected chi connectivity index (χ4v) is 3.01. The van der Waals surface area contributed by atoms with Crippen molar-refractivity contribution in [3.05, 3.63) is 59.9 Å². The van der Waals surface area contributed by atoms with E-state index in [9.17, 15) is 0 Å². The van der Waals surface area contributed by atoms with Gasteiger partial charge in [0, 0.05) is 28.6 Å². The Morgan fingerprint density at radius 1 is 0.750 bits per heavy atom. The molecule has 0 atom stereocenters. The van der Waals surface area contributed by atoms with Gasteiger partial charge in [0.25, 0.3) is 0 Å². The molecule has 0 unspecified atom stereocenters. The first-order valence-electron chi connectivity index (χ1n) is 6.78. The highest BCUT2D eigenvalue weighted by Gasteiger charge is 2.12. The van der Waals surface area contributed by atoms with E-state index in [1.54, 1.807) is 0 Å². The summed E-state index contributed by atoms with van der Waals surface area (Å²) in [5.74, 6) is 0. The number of hydrogen-bond donors (Lipinski definition) is 0. The number of benzene rings is 2. The van der Waals surface area contributed by atoms with E-state index >= 15 is 0 Å². The molecular weight excluding hydrogens is 244 g/mol. The van der Waals surface area contributed by atoms with Crippen molar-refractivity contribution in [3.8, 4) is 0 Å². The molecule has 2 heteroatoms. The van der Waals surface area contributed by atoms with Crippen molar-refractivity contribution in [1.29, 1.82) is 0 Å². The molecule has 4 rings (SSSR count). The zero-order valence-corrected chi connectivity index (χ0v) is 11.5. The lowest BCUT2D eigenvalue weighted by Gasteiger charge is -2.12. The number of rotatable bonds is 0. The molecule has 0 aliphatic carbocycles. The van der Waals surface area contributed by atoms with E-state index in [4.69, 9.17) is 0 Å². The lowest BCUT2D eigenvalue weighted by Crippen LogP contribution is -1.93. The second kappa shape index (κ2) is 4.01. The van der Waals surface area contributed by atoms with Crippen LogP contribution in [0.3, 0.4) is 0 Å². The average Bonchev–Trinajstić information content (AvgIpc) is 2.51. The highest BCUT2D eigenvalue weighted by atomic mass is 14.7. The minimum Gasteiger partial charge on any atom is -0.254 e. The van der Waals surface area contributed by atoms with Crippen molar-refractivity contribution < 1.29 is 0 Å². The third-order valence-electron chi connectivity index (χ3n) is 4.17. The quantitative estimate of drug-likeness (QED) is 0.432. The number of aromatic nitrogens is 2. The van der Waals surface area contributed by atoms with Crippen molar-refractivity contribution in [1.82, 2.24) is 9.97 Å². The number of fused-ring (bicyclic) bond motifs is 5. The minimum atomic E-state index is 0.997. The fourth-order valence-electron chi connectivity index (χ4n) is 3.01. The molecule has 0 bridgehead atoms. The maximum atomic E-state index is 4.68. The number of pyridine rings is 2. The summed E-state index contributed by atoms with van der Waals surface area (Å²) >= 11 is 0. The predicted molar refractivity (Wildman–Crippen MR) is 84.0 cm³/mol. The summed E-state index contributed by atoms with van der Waals surface area (Å²) in [6.07, 6.45) is 3.79. The Labute approximate surface area is 117 Å². The van der Waals surface area contributed by atoms with Crippen LogP contribution in [0.4, 0.5) is 0 Å². The first-order valence-corrected chi connectivity index (χ1v) is 6.78. The zero-order chi connectivity index (χ0) is 13.7. The molecule has 2 aromatic carbocycles. The third kappa shape index (κ3) is 1.39. The van der Waals surface area contributed by atoms with E-state index in [-0.39, 0.29) is 0 Å². The molecule has 96 valence electrons. The number of nitrogens with zero attached hydrogens (tertiary/aromatic N) is 2. The van der Waals surface area contributed by atoms with E-state index in [1.807, 2.05) is 18.5 Å². The highest BCUT2D eigenvalue weighted by molar-refractivity contribution is 6.16. The normalized spacial score (nSPS) is 11.5. The molecule has 0 amide bonds. The minimum absolute atomic E-state index is 0.997. The highest BCUT2D eigenvalue weighted by Crippen LogP contribution is 2.33. The van der Waals surface area contributed by atoms with E-state index in [1.165, 1.54) is 32.7 Å². The topological polar surface area (TPSA) is 25.8 Å². The molecular formula is C18H14N2. The van der Waals surface area contributed by atoms with Gasteiger partial charge in [-0.3, -0.25) is 9.97 Å². The molecule has 20 heavy (non-hydrogen) atoms. The monoisotopic (exact) mass is 258 g/mol. The van der Waals surface area contributed by atoms with E-state index in [0.717, 1.165) is 11.0 Å². The van der Waals surface area contributed by atoms with Crippen molar-refractivity contribution >= 4 is 32.6 Å². The van der Waals surface area contributed by atoms with Crippen LogP contribution in [-0.4, -0.2) is 9.97 Å². The van der Waals surface area contributed by atoms with E-state index in [2.05, 4.69) is 54.1 Å². The molecule has 0 spiro atoms. The van der Waals surface area contributed by atoms with Gasteiger partial charge >= 0.3 is 0 Å². The summed E-state index contributed by atoms with van der Waals surface area (Å²) in [6.45, 7) is 4.35. The Morgan fingerprint density at radius 3 is 2.45 bits per heavy atom. The van der Waals surface area contributed by atoms with Gasteiger partial charge in [0.15, 0.2) is 0 Å². The van der Waals surface area contributed by atoms with Crippen molar-refractivity contribution in [2.45, 2.75) is 13.8 Å². The van der Waals surface area contributed by atoms with Gasteiger partial charge in [-0.15, -0.1) is 0 Å². The SMILES string of the molecule is Cc1c(C)c2c3ccccc3cnc2c2ncccc12. The van der Waals surface area contributed by atoms with Crippen LogP contribution in [-0.2, 0) is 0 Å². The molecule has 0 radical (unpaired) electrons. The number of aryl methyl sites for hydroxylation is 2. The molecule has 2 aromatic heterocycles. The summed E-state index contributed by atoms with van der Waals surface area (Å²) in [5.41, 5.74) is 4.59. The summed E-state index contributed by atoms with van der Waals surface area (Å²) in [5, 5.41) is 4.86. The third-order valence-corrected chi connectivity index (χ3v) is 4.17. The standard InChI is InChI=1S/C18H14N2/c1-11-12(2)16-15-7-4-3-6-13(15)10-20-18(16)17-14(11)8-5-9-19-17/h3-10H,1-2H3. The molecule has 2 heterocycles. The Balaban J connectivity index is 2.39. The second-order valence-electron chi connectivity index (χ2n) is 5.22. The van der Waals surface area contributed by atoms with Crippen LogP contribution in [0.2, 0.25) is 0 Å². The molecule has 2 nitrogen and oxygen atoms in total. The van der Waals surface area contributed by atoms with Gasteiger partial charge in [-0.05, 0) is 36.4 Å². The van der Waals surface area contributed by atoms with Crippen LogP contribution in [0.5, 0.6) is 0 Å².